The lowest BCUT2D eigenvalue weighted by Gasteiger charge is -2.22. The molecule has 4 nitrogen and oxygen atoms in total. The van der Waals surface area contributed by atoms with Crippen molar-refractivity contribution in [2.45, 2.75) is 18.9 Å². The van der Waals surface area contributed by atoms with Gasteiger partial charge in [0, 0.05) is 6.04 Å². The van der Waals surface area contributed by atoms with E-state index in [1.54, 1.807) is 0 Å². The first-order chi connectivity index (χ1) is 5.49. The van der Waals surface area contributed by atoms with E-state index in [-0.39, 0.29) is 16.9 Å². The number of hydrogen-bond acceptors (Lipinski definition) is 3. The molecule has 0 aliphatic carbocycles. The summed E-state index contributed by atoms with van der Waals surface area (Å²) in [5.41, 5.74) is 5.24. The number of thiocarbonyl (C=S) groups is 1. The van der Waals surface area contributed by atoms with E-state index in [0.29, 0.717) is 12.2 Å². The van der Waals surface area contributed by atoms with Gasteiger partial charge in [0.2, 0.25) is 0 Å². The second kappa shape index (κ2) is 3.57. The second-order valence-corrected chi connectivity index (χ2v) is 5.63. The summed E-state index contributed by atoms with van der Waals surface area (Å²) < 4.78 is 22.2. The average molecular weight is 208 g/mol. The van der Waals surface area contributed by atoms with Crippen LogP contribution in [0.3, 0.4) is 0 Å². The largest absolute Gasteiger partial charge is 0.376 e. The highest BCUT2D eigenvalue weighted by atomic mass is 32.2. The SMILES string of the molecule is NC(=S)NC1CCCS(=O)(=O)C1. The van der Waals surface area contributed by atoms with Gasteiger partial charge >= 0.3 is 0 Å². The van der Waals surface area contributed by atoms with Crippen LogP contribution in [0.15, 0.2) is 0 Å². The van der Waals surface area contributed by atoms with Crippen LogP contribution < -0.4 is 11.1 Å². The Morgan fingerprint density at radius 1 is 1.58 bits per heavy atom. The van der Waals surface area contributed by atoms with E-state index in [2.05, 4.69) is 17.5 Å². The van der Waals surface area contributed by atoms with Crippen LogP contribution in [-0.2, 0) is 9.84 Å². The number of nitrogens with two attached hydrogens (primary N) is 1. The van der Waals surface area contributed by atoms with Gasteiger partial charge in [0.1, 0.15) is 0 Å². The van der Waals surface area contributed by atoms with Crippen molar-refractivity contribution in [3.8, 4) is 0 Å². The summed E-state index contributed by atoms with van der Waals surface area (Å²) in [6.45, 7) is 0. The van der Waals surface area contributed by atoms with Crippen molar-refractivity contribution in [3.63, 3.8) is 0 Å². The molecule has 70 valence electrons. The average Bonchev–Trinajstić information content (AvgIpc) is 1.82. The fraction of sp³-hybridized carbons (Fsp3) is 0.833. The van der Waals surface area contributed by atoms with Crippen molar-refractivity contribution in [2.75, 3.05) is 11.5 Å². The predicted octanol–water partition coefficient (Wildman–Crippen LogP) is -0.603. The molecular formula is C6H12N2O2S2. The molecule has 6 heteroatoms. The fourth-order valence-electron chi connectivity index (χ4n) is 1.34. The van der Waals surface area contributed by atoms with Gasteiger partial charge in [0.05, 0.1) is 11.5 Å². The highest BCUT2D eigenvalue weighted by Gasteiger charge is 2.24. The lowest BCUT2D eigenvalue weighted by molar-refractivity contribution is 0.532. The number of rotatable bonds is 1. The monoisotopic (exact) mass is 208 g/mol. The molecule has 1 aliphatic heterocycles. The summed E-state index contributed by atoms with van der Waals surface area (Å²) in [6.07, 6.45) is 1.53. The Hall–Kier alpha value is -0.360. The Morgan fingerprint density at radius 2 is 2.25 bits per heavy atom. The fourth-order valence-corrected chi connectivity index (χ4v) is 3.14. The first kappa shape index (κ1) is 9.73. The van der Waals surface area contributed by atoms with Gasteiger partial charge in [0.15, 0.2) is 14.9 Å². The zero-order chi connectivity index (χ0) is 9.19. The molecular weight excluding hydrogens is 196 g/mol. The van der Waals surface area contributed by atoms with E-state index in [0.717, 1.165) is 6.42 Å². The van der Waals surface area contributed by atoms with Gasteiger partial charge < -0.3 is 11.1 Å². The van der Waals surface area contributed by atoms with Gasteiger partial charge in [-0.25, -0.2) is 8.42 Å². The molecule has 1 heterocycles. The van der Waals surface area contributed by atoms with Gasteiger partial charge in [-0.05, 0) is 25.1 Å². The van der Waals surface area contributed by atoms with Crippen LogP contribution in [0, 0.1) is 0 Å². The van der Waals surface area contributed by atoms with Crippen LogP contribution in [-0.4, -0.2) is 31.1 Å². The summed E-state index contributed by atoms with van der Waals surface area (Å²) >= 11 is 4.62. The van der Waals surface area contributed by atoms with Crippen LogP contribution in [0.1, 0.15) is 12.8 Å². The summed E-state index contributed by atoms with van der Waals surface area (Å²) in [7, 11) is -2.86. The highest BCUT2D eigenvalue weighted by Crippen LogP contribution is 2.11. The lowest BCUT2D eigenvalue weighted by atomic mass is 10.2. The Labute approximate surface area is 77.4 Å². The molecule has 1 unspecified atom stereocenters. The van der Waals surface area contributed by atoms with Crippen LogP contribution in [0.4, 0.5) is 0 Å². The minimum Gasteiger partial charge on any atom is -0.376 e. The third-order valence-electron chi connectivity index (χ3n) is 1.81. The van der Waals surface area contributed by atoms with E-state index in [9.17, 15) is 8.42 Å². The molecule has 0 aromatic heterocycles. The predicted molar refractivity (Wildman–Crippen MR) is 51.6 cm³/mol. The number of sulfone groups is 1. The van der Waals surface area contributed by atoms with Gasteiger partial charge in [-0.2, -0.15) is 0 Å². The van der Waals surface area contributed by atoms with Crippen molar-refractivity contribution in [2.24, 2.45) is 5.73 Å². The second-order valence-electron chi connectivity index (χ2n) is 2.96. The third kappa shape index (κ3) is 2.94. The molecule has 1 atom stereocenters. The molecule has 0 radical (unpaired) electrons. The summed E-state index contributed by atoms with van der Waals surface area (Å²) in [4.78, 5) is 0. The van der Waals surface area contributed by atoms with Gasteiger partial charge in [-0.1, -0.05) is 0 Å². The molecule has 0 amide bonds. The summed E-state index contributed by atoms with van der Waals surface area (Å²) in [6, 6.07) is -0.0822. The van der Waals surface area contributed by atoms with Crippen LogP contribution in [0.5, 0.6) is 0 Å². The molecule has 1 fully saturated rings. The molecule has 1 rings (SSSR count). The standard InChI is InChI=1S/C6H12N2O2S2/c7-6(11)8-5-2-1-3-12(9,10)4-5/h5H,1-4H2,(H3,7,8,11). The molecule has 0 aromatic rings. The maximum atomic E-state index is 11.1. The zero-order valence-electron chi connectivity index (χ0n) is 6.62. The molecule has 12 heavy (non-hydrogen) atoms. The van der Waals surface area contributed by atoms with Crippen LogP contribution >= 0.6 is 12.2 Å². The van der Waals surface area contributed by atoms with E-state index < -0.39 is 9.84 Å². The Bertz CT molecular complexity index is 273. The van der Waals surface area contributed by atoms with Crippen molar-refractivity contribution >= 4 is 27.2 Å². The molecule has 0 bridgehead atoms. The molecule has 0 spiro atoms. The molecule has 1 aliphatic rings. The molecule has 3 N–H and O–H groups in total. The van der Waals surface area contributed by atoms with Gasteiger partial charge in [-0.15, -0.1) is 0 Å². The van der Waals surface area contributed by atoms with Crippen LogP contribution in [0.2, 0.25) is 0 Å². The third-order valence-corrected chi connectivity index (χ3v) is 3.75. The Kier molecular flexibility index (Phi) is 2.89. The van der Waals surface area contributed by atoms with Gasteiger partial charge in [-0.3, -0.25) is 0 Å². The Morgan fingerprint density at radius 3 is 2.75 bits per heavy atom. The van der Waals surface area contributed by atoms with E-state index >= 15 is 0 Å². The van der Waals surface area contributed by atoms with Crippen molar-refractivity contribution in [1.82, 2.24) is 5.32 Å². The molecule has 0 aromatic carbocycles. The molecule has 0 saturated carbocycles. The van der Waals surface area contributed by atoms with Crippen LogP contribution in [0.25, 0.3) is 0 Å². The van der Waals surface area contributed by atoms with Gasteiger partial charge in [0.25, 0.3) is 0 Å². The first-order valence-electron chi connectivity index (χ1n) is 3.76. The van der Waals surface area contributed by atoms with Crippen molar-refractivity contribution < 1.29 is 8.42 Å². The number of nitrogens with one attached hydrogen (secondary N) is 1. The maximum absolute atomic E-state index is 11.1. The normalized spacial score (nSPS) is 27.8. The lowest BCUT2D eigenvalue weighted by Crippen LogP contribution is -2.45. The summed E-state index contributed by atoms with van der Waals surface area (Å²) in [5, 5.41) is 2.95. The Balaban J connectivity index is 2.53. The summed E-state index contributed by atoms with van der Waals surface area (Å²) in [5.74, 6) is 0.451. The molecule has 1 saturated heterocycles. The van der Waals surface area contributed by atoms with E-state index in [1.807, 2.05) is 0 Å². The van der Waals surface area contributed by atoms with Crippen molar-refractivity contribution in [1.29, 1.82) is 0 Å². The minimum atomic E-state index is -2.86. The highest BCUT2D eigenvalue weighted by molar-refractivity contribution is 7.91. The minimum absolute atomic E-state index is 0.0822. The topological polar surface area (TPSA) is 72.2 Å². The number of hydrogen-bond donors (Lipinski definition) is 2. The quantitative estimate of drug-likeness (QED) is 0.563. The zero-order valence-corrected chi connectivity index (χ0v) is 8.25. The smallest absolute Gasteiger partial charge is 0.163 e. The maximum Gasteiger partial charge on any atom is 0.163 e. The first-order valence-corrected chi connectivity index (χ1v) is 5.99. The van der Waals surface area contributed by atoms with E-state index in [4.69, 9.17) is 5.73 Å². The van der Waals surface area contributed by atoms with E-state index in [1.165, 1.54) is 0 Å². The van der Waals surface area contributed by atoms with Crippen molar-refractivity contribution in [3.05, 3.63) is 0 Å².